The van der Waals surface area contributed by atoms with Crippen LogP contribution in [0.15, 0.2) is 0 Å². The summed E-state index contributed by atoms with van der Waals surface area (Å²) in [5, 5.41) is 0. The van der Waals surface area contributed by atoms with Gasteiger partial charge in [0, 0.05) is 19.8 Å². The van der Waals surface area contributed by atoms with Crippen LogP contribution in [0.25, 0.3) is 0 Å². The van der Waals surface area contributed by atoms with Gasteiger partial charge >= 0.3 is 0 Å². The normalized spacial score (nSPS) is 26.7. The molecule has 15 heavy (non-hydrogen) atoms. The Hall–Kier alpha value is -0.170. The van der Waals surface area contributed by atoms with Crippen LogP contribution in [0.3, 0.4) is 0 Å². The molecule has 2 unspecified atom stereocenters. The minimum atomic E-state index is -2.81. The van der Waals surface area contributed by atoms with E-state index in [2.05, 4.69) is 5.43 Å². The van der Waals surface area contributed by atoms with Crippen molar-refractivity contribution < 1.29 is 13.2 Å². The van der Waals surface area contributed by atoms with E-state index in [-0.39, 0.29) is 17.7 Å². The number of rotatable bonds is 6. The number of hydrazine groups is 1. The molecular formula is C9H20N2O3S. The molecule has 0 aromatic rings. The second kappa shape index (κ2) is 5.79. The molecule has 1 heterocycles. The van der Waals surface area contributed by atoms with Crippen molar-refractivity contribution in [3.05, 3.63) is 0 Å². The molecule has 0 aliphatic carbocycles. The van der Waals surface area contributed by atoms with Crippen molar-refractivity contribution in [2.75, 3.05) is 25.2 Å². The predicted molar refractivity (Wildman–Crippen MR) is 59.0 cm³/mol. The first kappa shape index (κ1) is 12.9. The SMILES string of the molecule is COCCCC(NN)C1CCS(=O)(=O)C1. The van der Waals surface area contributed by atoms with E-state index in [4.69, 9.17) is 10.6 Å². The Morgan fingerprint density at radius 2 is 2.33 bits per heavy atom. The van der Waals surface area contributed by atoms with E-state index in [1.807, 2.05) is 0 Å². The molecule has 5 nitrogen and oxygen atoms in total. The van der Waals surface area contributed by atoms with Crippen molar-refractivity contribution in [3.8, 4) is 0 Å². The van der Waals surface area contributed by atoms with E-state index in [0.29, 0.717) is 12.4 Å². The topological polar surface area (TPSA) is 81.4 Å². The number of sulfone groups is 1. The summed E-state index contributed by atoms with van der Waals surface area (Å²) >= 11 is 0. The Labute approximate surface area is 91.3 Å². The Morgan fingerprint density at radius 3 is 2.80 bits per heavy atom. The molecule has 1 rings (SSSR count). The van der Waals surface area contributed by atoms with Crippen molar-refractivity contribution in [1.82, 2.24) is 5.43 Å². The Bertz CT molecular complexity index is 279. The highest BCUT2D eigenvalue weighted by atomic mass is 32.2. The van der Waals surface area contributed by atoms with Crippen LogP contribution in [0.2, 0.25) is 0 Å². The summed E-state index contributed by atoms with van der Waals surface area (Å²) in [4.78, 5) is 0. The zero-order chi connectivity index (χ0) is 11.3. The van der Waals surface area contributed by atoms with Gasteiger partial charge in [-0.15, -0.1) is 0 Å². The second-order valence-corrected chi connectivity index (χ2v) is 6.30. The van der Waals surface area contributed by atoms with Gasteiger partial charge in [-0.2, -0.15) is 0 Å². The Balaban J connectivity index is 2.39. The first-order valence-electron chi connectivity index (χ1n) is 5.24. The zero-order valence-electron chi connectivity index (χ0n) is 9.11. The second-order valence-electron chi connectivity index (χ2n) is 4.07. The van der Waals surface area contributed by atoms with Crippen molar-refractivity contribution in [2.45, 2.75) is 25.3 Å². The molecule has 1 saturated heterocycles. The predicted octanol–water partition coefficient (Wildman–Crippen LogP) is -0.320. The minimum Gasteiger partial charge on any atom is -0.385 e. The summed E-state index contributed by atoms with van der Waals surface area (Å²) in [6.07, 6.45) is 2.50. The third kappa shape index (κ3) is 4.06. The Kier molecular flexibility index (Phi) is 4.98. The Morgan fingerprint density at radius 1 is 1.60 bits per heavy atom. The smallest absolute Gasteiger partial charge is 0.150 e. The number of ether oxygens (including phenoxy) is 1. The molecule has 0 saturated carbocycles. The standard InChI is InChI=1S/C9H20N2O3S/c1-14-5-2-3-9(11-10)8-4-6-15(12,13)7-8/h8-9,11H,2-7,10H2,1H3. The summed E-state index contributed by atoms with van der Waals surface area (Å²) in [7, 11) is -1.15. The molecule has 1 aliphatic heterocycles. The van der Waals surface area contributed by atoms with Crippen molar-refractivity contribution in [1.29, 1.82) is 0 Å². The van der Waals surface area contributed by atoms with E-state index in [0.717, 1.165) is 19.3 Å². The molecule has 0 amide bonds. The monoisotopic (exact) mass is 236 g/mol. The number of nitrogens with two attached hydrogens (primary N) is 1. The van der Waals surface area contributed by atoms with E-state index in [1.165, 1.54) is 0 Å². The fourth-order valence-electron chi connectivity index (χ4n) is 2.04. The lowest BCUT2D eigenvalue weighted by atomic mass is 9.96. The minimum absolute atomic E-state index is 0.0948. The van der Waals surface area contributed by atoms with Crippen LogP contribution < -0.4 is 11.3 Å². The summed E-state index contributed by atoms with van der Waals surface area (Å²) in [6.45, 7) is 0.692. The molecule has 0 bridgehead atoms. The van der Waals surface area contributed by atoms with E-state index >= 15 is 0 Å². The third-order valence-corrected chi connectivity index (χ3v) is 4.71. The number of hydrogen-bond acceptors (Lipinski definition) is 5. The summed E-state index contributed by atoms with van der Waals surface area (Å²) in [5.41, 5.74) is 2.72. The highest BCUT2D eigenvalue weighted by molar-refractivity contribution is 7.91. The first-order valence-corrected chi connectivity index (χ1v) is 7.06. The first-order chi connectivity index (χ1) is 7.09. The molecule has 0 aromatic heterocycles. The summed E-state index contributed by atoms with van der Waals surface area (Å²) in [5.74, 6) is 6.18. The molecule has 0 radical (unpaired) electrons. The van der Waals surface area contributed by atoms with Crippen LogP contribution in [0.5, 0.6) is 0 Å². The fourth-order valence-corrected chi connectivity index (χ4v) is 3.92. The van der Waals surface area contributed by atoms with Gasteiger partial charge in [0.25, 0.3) is 0 Å². The van der Waals surface area contributed by atoms with Crippen LogP contribution in [0, 0.1) is 5.92 Å². The molecular weight excluding hydrogens is 216 g/mol. The maximum Gasteiger partial charge on any atom is 0.150 e. The van der Waals surface area contributed by atoms with Crippen molar-refractivity contribution in [3.63, 3.8) is 0 Å². The lowest BCUT2D eigenvalue weighted by Gasteiger charge is -2.21. The highest BCUT2D eigenvalue weighted by Gasteiger charge is 2.32. The van der Waals surface area contributed by atoms with Crippen molar-refractivity contribution in [2.24, 2.45) is 11.8 Å². The number of hydrogen-bond donors (Lipinski definition) is 2. The van der Waals surface area contributed by atoms with Gasteiger partial charge < -0.3 is 4.74 Å². The van der Waals surface area contributed by atoms with Gasteiger partial charge in [0.05, 0.1) is 11.5 Å². The highest BCUT2D eigenvalue weighted by Crippen LogP contribution is 2.23. The van der Waals surface area contributed by atoms with Gasteiger partial charge in [0.2, 0.25) is 0 Å². The molecule has 2 atom stereocenters. The average molecular weight is 236 g/mol. The fraction of sp³-hybridized carbons (Fsp3) is 1.00. The summed E-state index contributed by atoms with van der Waals surface area (Å²) in [6, 6.07) is 0.0948. The lowest BCUT2D eigenvalue weighted by Crippen LogP contribution is -2.41. The average Bonchev–Trinajstić information content (AvgIpc) is 2.54. The van der Waals surface area contributed by atoms with Crippen LogP contribution in [0.1, 0.15) is 19.3 Å². The van der Waals surface area contributed by atoms with Gasteiger partial charge in [-0.25, -0.2) is 8.42 Å². The molecule has 1 aliphatic rings. The number of methoxy groups -OCH3 is 1. The van der Waals surface area contributed by atoms with Crippen LogP contribution >= 0.6 is 0 Å². The number of nitrogens with one attached hydrogen (secondary N) is 1. The molecule has 1 fully saturated rings. The van der Waals surface area contributed by atoms with Gasteiger partial charge in [-0.3, -0.25) is 11.3 Å². The zero-order valence-corrected chi connectivity index (χ0v) is 9.92. The third-order valence-electron chi connectivity index (χ3n) is 2.91. The molecule has 0 aromatic carbocycles. The molecule has 6 heteroatoms. The molecule has 0 spiro atoms. The largest absolute Gasteiger partial charge is 0.385 e. The van der Waals surface area contributed by atoms with E-state index in [9.17, 15) is 8.42 Å². The quantitative estimate of drug-likeness (QED) is 0.375. The van der Waals surface area contributed by atoms with Gasteiger partial charge in [0.15, 0.2) is 9.84 Å². The van der Waals surface area contributed by atoms with Crippen molar-refractivity contribution >= 4 is 9.84 Å². The van der Waals surface area contributed by atoms with E-state index in [1.54, 1.807) is 7.11 Å². The van der Waals surface area contributed by atoms with Gasteiger partial charge in [-0.1, -0.05) is 0 Å². The van der Waals surface area contributed by atoms with E-state index < -0.39 is 9.84 Å². The molecule has 3 N–H and O–H groups in total. The van der Waals surface area contributed by atoms with Crippen LogP contribution in [-0.4, -0.2) is 39.7 Å². The maximum absolute atomic E-state index is 11.3. The van der Waals surface area contributed by atoms with Crippen LogP contribution in [-0.2, 0) is 14.6 Å². The maximum atomic E-state index is 11.3. The molecule has 90 valence electrons. The van der Waals surface area contributed by atoms with Gasteiger partial charge in [0.1, 0.15) is 0 Å². The van der Waals surface area contributed by atoms with Crippen LogP contribution in [0.4, 0.5) is 0 Å². The lowest BCUT2D eigenvalue weighted by molar-refractivity contribution is 0.184. The summed E-state index contributed by atoms with van der Waals surface area (Å²) < 4.78 is 27.5. The van der Waals surface area contributed by atoms with Gasteiger partial charge in [-0.05, 0) is 25.2 Å².